The molecule has 0 saturated carbocycles. The first-order valence-electron chi connectivity index (χ1n) is 9.27. The van der Waals surface area contributed by atoms with E-state index in [0.29, 0.717) is 17.1 Å². The summed E-state index contributed by atoms with van der Waals surface area (Å²) in [6.45, 7) is 0. The van der Waals surface area contributed by atoms with Gasteiger partial charge in [0, 0.05) is 57.8 Å². The standard InChI is InChI=1S/C23H16N6O/c1-30-22-9-21-19(8-18(22)16-6-14(10-24)11-25-12-16)23(28-13-27-21)29-17-2-3-20-15(7-17)4-5-26-20/h2-9,11-13,26H,1H3,(H,27,28,29). The molecule has 0 radical (unpaired) electrons. The fraction of sp³-hybridized carbons (Fsp3) is 0.0435. The summed E-state index contributed by atoms with van der Waals surface area (Å²) < 4.78 is 5.58. The van der Waals surface area contributed by atoms with Crippen molar-refractivity contribution < 1.29 is 4.74 Å². The second-order valence-corrected chi connectivity index (χ2v) is 6.77. The predicted octanol–water partition coefficient (Wildman–Crippen LogP) is 4.80. The largest absolute Gasteiger partial charge is 0.496 e. The molecular formula is C23H16N6O. The number of fused-ring (bicyclic) bond motifs is 2. The summed E-state index contributed by atoms with van der Waals surface area (Å²) in [4.78, 5) is 16.2. The van der Waals surface area contributed by atoms with Crippen LogP contribution in [0.1, 0.15) is 5.56 Å². The number of aromatic amines is 1. The van der Waals surface area contributed by atoms with Crippen molar-refractivity contribution in [1.82, 2.24) is 19.9 Å². The van der Waals surface area contributed by atoms with Gasteiger partial charge in [-0.1, -0.05) is 0 Å². The number of pyridine rings is 1. The van der Waals surface area contributed by atoms with Gasteiger partial charge < -0.3 is 15.0 Å². The molecular weight excluding hydrogens is 376 g/mol. The molecule has 7 nitrogen and oxygen atoms in total. The van der Waals surface area contributed by atoms with Gasteiger partial charge in [-0.25, -0.2) is 9.97 Å². The number of nitrogens with one attached hydrogen (secondary N) is 2. The Hall–Kier alpha value is -4.44. The summed E-state index contributed by atoms with van der Waals surface area (Å²) in [6, 6.07) is 15.8. The smallest absolute Gasteiger partial charge is 0.141 e. The Morgan fingerprint density at radius 3 is 2.87 bits per heavy atom. The lowest BCUT2D eigenvalue weighted by Gasteiger charge is -2.13. The van der Waals surface area contributed by atoms with Gasteiger partial charge in [-0.2, -0.15) is 5.26 Å². The molecule has 0 aliphatic rings. The van der Waals surface area contributed by atoms with E-state index < -0.39 is 0 Å². The third-order valence-corrected chi connectivity index (χ3v) is 4.95. The van der Waals surface area contributed by atoms with Crippen molar-refractivity contribution in [2.75, 3.05) is 12.4 Å². The summed E-state index contributed by atoms with van der Waals surface area (Å²) in [5.41, 5.74) is 4.83. The molecule has 2 aromatic carbocycles. The number of rotatable bonds is 4. The number of anilines is 2. The van der Waals surface area contributed by atoms with E-state index in [9.17, 15) is 5.26 Å². The van der Waals surface area contributed by atoms with E-state index in [2.05, 4.69) is 37.4 Å². The van der Waals surface area contributed by atoms with Gasteiger partial charge in [-0.15, -0.1) is 0 Å². The van der Waals surface area contributed by atoms with Crippen LogP contribution >= 0.6 is 0 Å². The summed E-state index contributed by atoms with van der Waals surface area (Å²) in [7, 11) is 1.61. The van der Waals surface area contributed by atoms with Crippen molar-refractivity contribution in [3.63, 3.8) is 0 Å². The minimum atomic E-state index is 0.483. The number of hydrogen-bond donors (Lipinski definition) is 2. The number of nitrogens with zero attached hydrogens (tertiary/aromatic N) is 4. The normalized spacial score (nSPS) is 10.8. The highest BCUT2D eigenvalue weighted by atomic mass is 16.5. The molecule has 0 unspecified atom stereocenters. The second-order valence-electron chi connectivity index (χ2n) is 6.77. The quantitative estimate of drug-likeness (QED) is 0.456. The first kappa shape index (κ1) is 17.6. The van der Waals surface area contributed by atoms with Gasteiger partial charge in [0.15, 0.2) is 0 Å². The van der Waals surface area contributed by atoms with Gasteiger partial charge in [0.1, 0.15) is 24.0 Å². The minimum Gasteiger partial charge on any atom is -0.496 e. The molecule has 30 heavy (non-hydrogen) atoms. The zero-order valence-electron chi connectivity index (χ0n) is 16.0. The monoisotopic (exact) mass is 392 g/mol. The van der Waals surface area contributed by atoms with E-state index in [-0.39, 0.29) is 0 Å². The number of benzene rings is 2. The highest BCUT2D eigenvalue weighted by Gasteiger charge is 2.13. The zero-order chi connectivity index (χ0) is 20.5. The lowest BCUT2D eigenvalue weighted by atomic mass is 10.0. The van der Waals surface area contributed by atoms with E-state index in [1.165, 1.54) is 12.5 Å². The van der Waals surface area contributed by atoms with E-state index in [1.54, 1.807) is 19.4 Å². The predicted molar refractivity (Wildman–Crippen MR) is 116 cm³/mol. The van der Waals surface area contributed by atoms with Gasteiger partial charge in [0.25, 0.3) is 0 Å². The van der Waals surface area contributed by atoms with Gasteiger partial charge in [-0.05, 0) is 36.4 Å². The van der Waals surface area contributed by atoms with E-state index >= 15 is 0 Å². The molecule has 0 fully saturated rings. The Labute approximate surface area is 172 Å². The molecule has 2 N–H and O–H groups in total. The van der Waals surface area contributed by atoms with Crippen LogP contribution in [0.2, 0.25) is 0 Å². The molecule has 0 spiro atoms. The number of aromatic nitrogens is 4. The molecule has 3 heterocycles. The molecule has 0 aliphatic heterocycles. The minimum absolute atomic E-state index is 0.483. The Morgan fingerprint density at radius 1 is 1.07 bits per heavy atom. The highest BCUT2D eigenvalue weighted by molar-refractivity contribution is 5.96. The fourth-order valence-electron chi connectivity index (χ4n) is 3.49. The van der Waals surface area contributed by atoms with Crippen LogP contribution in [0, 0.1) is 11.3 Å². The van der Waals surface area contributed by atoms with Crippen LogP contribution in [0.25, 0.3) is 32.9 Å². The van der Waals surface area contributed by atoms with E-state index in [1.807, 2.05) is 36.5 Å². The average molecular weight is 392 g/mol. The van der Waals surface area contributed by atoms with Crippen LogP contribution in [0.15, 0.2) is 67.4 Å². The number of H-pyrrole nitrogens is 1. The second kappa shape index (κ2) is 7.18. The molecule has 7 heteroatoms. The van der Waals surface area contributed by atoms with Crippen LogP contribution in [0.3, 0.4) is 0 Å². The van der Waals surface area contributed by atoms with Crippen molar-refractivity contribution in [1.29, 1.82) is 5.26 Å². The summed E-state index contributed by atoms with van der Waals surface area (Å²) in [5.74, 6) is 1.33. The summed E-state index contributed by atoms with van der Waals surface area (Å²) >= 11 is 0. The van der Waals surface area contributed by atoms with Gasteiger partial charge in [0.05, 0.1) is 18.2 Å². The first-order chi connectivity index (χ1) is 14.7. The van der Waals surface area contributed by atoms with Gasteiger partial charge >= 0.3 is 0 Å². The summed E-state index contributed by atoms with van der Waals surface area (Å²) in [6.07, 6.45) is 6.68. The Balaban J connectivity index is 1.64. The van der Waals surface area contributed by atoms with Crippen molar-refractivity contribution in [3.05, 3.63) is 72.9 Å². The SMILES string of the molecule is COc1cc2ncnc(Nc3ccc4[nH]ccc4c3)c2cc1-c1cncc(C#N)c1. The van der Waals surface area contributed by atoms with Crippen molar-refractivity contribution >= 4 is 33.3 Å². The maximum absolute atomic E-state index is 9.22. The van der Waals surface area contributed by atoms with E-state index in [4.69, 9.17) is 4.74 Å². The van der Waals surface area contributed by atoms with Crippen LogP contribution in [0.5, 0.6) is 5.75 Å². The lowest BCUT2D eigenvalue weighted by molar-refractivity contribution is 0.417. The number of ether oxygens (including phenoxy) is 1. The fourth-order valence-corrected chi connectivity index (χ4v) is 3.49. The van der Waals surface area contributed by atoms with E-state index in [0.717, 1.165) is 38.6 Å². The number of methoxy groups -OCH3 is 1. The molecule has 0 saturated heterocycles. The van der Waals surface area contributed by atoms with Crippen LogP contribution < -0.4 is 10.1 Å². The van der Waals surface area contributed by atoms with Crippen molar-refractivity contribution in [2.24, 2.45) is 0 Å². The summed E-state index contributed by atoms with van der Waals surface area (Å²) in [5, 5.41) is 14.6. The molecule has 144 valence electrons. The first-order valence-corrected chi connectivity index (χ1v) is 9.27. The number of hydrogen-bond acceptors (Lipinski definition) is 6. The Morgan fingerprint density at radius 2 is 2.00 bits per heavy atom. The molecule has 3 aromatic heterocycles. The maximum atomic E-state index is 9.22. The van der Waals surface area contributed by atoms with Crippen LogP contribution in [-0.4, -0.2) is 27.0 Å². The Kier molecular flexibility index (Phi) is 4.23. The van der Waals surface area contributed by atoms with Gasteiger partial charge in [-0.3, -0.25) is 4.98 Å². The molecule has 0 aliphatic carbocycles. The lowest BCUT2D eigenvalue weighted by Crippen LogP contribution is -1.98. The zero-order valence-corrected chi connectivity index (χ0v) is 16.0. The molecule has 0 amide bonds. The van der Waals surface area contributed by atoms with Crippen LogP contribution in [0.4, 0.5) is 11.5 Å². The molecule has 0 atom stereocenters. The topological polar surface area (TPSA) is 99.5 Å². The average Bonchev–Trinajstić information content (AvgIpc) is 3.26. The molecule has 0 bridgehead atoms. The van der Waals surface area contributed by atoms with Crippen molar-refractivity contribution in [2.45, 2.75) is 0 Å². The highest BCUT2D eigenvalue weighted by Crippen LogP contribution is 2.36. The third-order valence-electron chi connectivity index (χ3n) is 4.95. The molecule has 5 aromatic rings. The molecule has 5 rings (SSSR count). The van der Waals surface area contributed by atoms with Crippen molar-refractivity contribution in [3.8, 4) is 22.9 Å². The Bertz CT molecular complexity index is 1430. The maximum Gasteiger partial charge on any atom is 0.141 e. The third kappa shape index (κ3) is 3.06. The van der Waals surface area contributed by atoms with Gasteiger partial charge in [0.2, 0.25) is 0 Å². The number of nitriles is 1. The van der Waals surface area contributed by atoms with Crippen LogP contribution in [-0.2, 0) is 0 Å².